The number of aliphatic imine (C=N–C) groups is 1. The average molecular weight is 223 g/mol. The van der Waals surface area contributed by atoms with Crippen molar-refractivity contribution in [2.75, 3.05) is 27.9 Å². The lowest BCUT2D eigenvalue weighted by molar-refractivity contribution is -0.0936. The van der Waals surface area contributed by atoms with Gasteiger partial charge in [0.25, 0.3) is 0 Å². The Morgan fingerprint density at radius 3 is 2.25 bits per heavy atom. The predicted molar refractivity (Wildman–Crippen MR) is 63.3 cm³/mol. The second-order valence-corrected chi connectivity index (χ2v) is 3.17. The second-order valence-electron chi connectivity index (χ2n) is 3.17. The SMILES string of the molecule is COc1ccc(C=NCC(OC)OC)cc1. The Bertz CT molecular complexity index is 318. The number of hydrogen-bond donors (Lipinski definition) is 0. The number of methoxy groups -OCH3 is 3. The van der Waals surface area contributed by atoms with Crippen molar-refractivity contribution in [3.8, 4) is 5.75 Å². The lowest BCUT2D eigenvalue weighted by atomic mass is 10.2. The molecule has 0 aliphatic heterocycles. The van der Waals surface area contributed by atoms with Gasteiger partial charge in [-0.25, -0.2) is 0 Å². The number of hydrogen-bond acceptors (Lipinski definition) is 4. The molecule has 0 aliphatic carbocycles. The van der Waals surface area contributed by atoms with Gasteiger partial charge >= 0.3 is 0 Å². The molecule has 1 rings (SSSR count). The summed E-state index contributed by atoms with van der Waals surface area (Å²) in [7, 11) is 4.83. The Hall–Kier alpha value is -1.39. The van der Waals surface area contributed by atoms with Gasteiger partial charge < -0.3 is 14.2 Å². The first kappa shape index (κ1) is 12.7. The minimum absolute atomic E-state index is 0.283. The molecule has 1 aromatic rings. The zero-order valence-electron chi connectivity index (χ0n) is 9.84. The molecular formula is C12H17NO3. The van der Waals surface area contributed by atoms with Crippen LogP contribution in [-0.2, 0) is 9.47 Å². The van der Waals surface area contributed by atoms with E-state index in [1.807, 2.05) is 24.3 Å². The number of benzene rings is 1. The molecule has 4 heteroatoms. The van der Waals surface area contributed by atoms with Crippen LogP contribution in [0.2, 0.25) is 0 Å². The van der Waals surface area contributed by atoms with Crippen LogP contribution in [0.25, 0.3) is 0 Å². The van der Waals surface area contributed by atoms with Crippen LogP contribution in [0.5, 0.6) is 5.75 Å². The third-order valence-corrected chi connectivity index (χ3v) is 2.14. The maximum atomic E-state index is 5.06. The van der Waals surface area contributed by atoms with Crippen molar-refractivity contribution in [1.82, 2.24) is 0 Å². The van der Waals surface area contributed by atoms with E-state index in [0.717, 1.165) is 11.3 Å². The van der Waals surface area contributed by atoms with E-state index in [-0.39, 0.29) is 6.29 Å². The van der Waals surface area contributed by atoms with Crippen LogP contribution in [0.3, 0.4) is 0 Å². The number of ether oxygens (including phenoxy) is 3. The van der Waals surface area contributed by atoms with Crippen LogP contribution in [0.15, 0.2) is 29.3 Å². The van der Waals surface area contributed by atoms with Gasteiger partial charge in [-0.3, -0.25) is 4.99 Å². The standard InChI is InChI=1S/C12H17NO3/c1-14-11-6-4-10(5-7-11)8-13-9-12(15-2)16-3/h4-8,12H,9H2,1-3H3. The molecule has 1 aromatic carbocycles. The summed E-state index contributed by atoms with van der Waals surface area (Å²) in [4.78, 5) is 4.22. The van der Waals surface area contributed by atoms with E-state index in [0.29, 0.717) is 6.54 Å². The van der Waals surface area contributed by atoms with Gasteiger partial charge in [0.1, 0.15) is 5.75 Å². The lowest BCUT2D eigenvalue weighted by Crippen LogP contribution is -2.16. The van der Waals surface area contributed by atoms with Gasteiger partial charge in [-0.05, 0) is 29.8 Å². The first-order chi connectivity index (χ1) is 7.80. The highest BCUT2D eigenvalue weighted by atomic mass is 16.7. The Labute approximate surface area is 95.9 Å². The van der Waals surface area contributed by atoms with Crippen molar-refractivity contribution in [3.63, 3.8) is 0 Å². The fourth-order valence-electron chi connectivity index (χ4n) is 1.18. The van der Waals surface area contributed by atoms with Gasteiger partial charge in [-0.2, -0.15) is 0 Å². The molecule has 0 spiro atoms. The summed E-state index contributed by atoms with van der Waals surface area (Å²) in [6.45, 7) is 0.485. The molecule has 0 bridgehead atoms. The van der Waals surface area contributed by atoms with Crippen LogP contribution in [-0.4, -0.2) is 40.4 Å². The molecular weight excluding hydrogens is 206 g/mol. The zero-order valence-corrected chi connectivity index (χ0v) is 9.84. The number of nitrogens with zero attached hydrogens (tertiary/aromatic N) is 1. The zero-order chi connectivity index (χ0) is 11.8. The van der Waals surface area contributed by atoms with E-state index in [1.54, 1.807) is 27.5 Å². The van der Waals surface area contributed by atoms with Crippen molar-refractivity contribution in [2.24, 2.45) is 4.99 Å². The Morgan fingerprint density at radius 2 is 1.75 bits per heavy atom. The van der Waals surface area contributed by atoms with Crippen molar-refractivity contribution in [2.45, 2.75) is 6.29 Å². The summed E-state index contributed by atoms with van der Waals surface area (Å²) in [6.07, 6.45) is 1.50. The predicted octanol–water partition coefficient (Wildman–Crippen LogP) is 1.73. The summed E-state index contributed by atoms with van der Waals surface area (Å²) in [5.41, 5.74) is 1.02. The minimum atomic E-state index is -0.283. The first-order valence-electron chi connectivity index (χ1n) is 4.99. The van der Waals surface area contributed by atoms with Gasteiger partial charge in [0.05, 0.1) is 13.7 Å². The monoisotopic (exact) mass is 223 g/mol. The van der Waals surface area contributed by atoms with E-state index in [1.165, 1.54) is 0 Å². The van der Waals surface area contributed by atoms with Gasteiger partial charge in [0.2, 0.25) is 0 Å². The van der Waals surface area contributed by atoms with E-state index >= 15 is 0 Å². The molecule has 0 unspecified atom stereocenters. The number of rotatable bonds is 6. The molecule has 0 aromatic heterocycles. The van der Waals surface area contributed by atoms with Crippen LogP contribution in [0.4, 0.5) is 0 Å². The van der Waals surface area contributed by atoms with Crippen molar-refractivity contribution >= 4 is 6.21 Å². The molecule has 88 valence electrons. The molecule has 0 saturated carbocycles. The largest absolute Gasteiger partial charge is 0.497 e. The molecule has 0 heterocycles. The summed E-state index contributed by atoms with van der Waals surface area (Å²) in [6, 6.07) is 7.67. The van der Waals surface area contributed by atoms with Crippen LogP contribution in [0.1, 0.15) is 5.56 Å². The molecule has 0 atom stereocenters. The van der Waals surface area contributed by atoms with Gasteiger partial charge in [-0.15, -0.1) is 0 Å². The van der Waals surface area contributed by atoms with E-state index in [9.17, 15) is 0 Å². The summed E-state index contributed by atoms with van der Waals surface area (Å²) < 4.78 is 15.1. The molecule has 0 amide bonds. The second kappa shape index (κ2) is 6.98. The highest BCUT2D eigenvalue weighted by molar-refractivity contribution is 5.79. The molecule has 0 N–H and O–H groups in total. The maximum Gasteiger partial charge on any atom is 0.176 e. The van der Waals surface area contributed by atoms with E-state index in [4.69, 9.17) is 14.2 Å². The highest BCUT2D eigenvalue weighted by Gasteiger charge is 2.01. The molecule has 0 fully saturated rings. The van der Waals surface area contributed by atoms with Crippen molar-refractivity contribution in [3.05, 3.63) is 29.8 Å². The summed E-state index contributed by atoms with van der Waals surface area (Å²) in [5, 5.41) is 0. The normalized spacial score (nSPS) is 11.2. The Kier molecular flexibility index (Phi) is 5.53. The van der Waals surface area contributed by atoms with E-state index in [2.05, 4.69) is 4.99 Å². The molecule has 16 heavy (non-hydrogen) atoms. The van der Waals surface area contributed by atoms with Crippen molar-refractivity contribution < 1.29 is 14.2 Å². The molecule has 4 nitrogen and oxygen atoms in total. The average Bonchev–Trinajstić information content (AvgIpc) is 2.35. The quantitative estimate of drug-likeness (QED) is 0.544. The van der Waals surface area contributed by atoms with Crippen LogP contribution >= 0.6 is 0 Å². The van der Waals surface area contributed by atoms with Crippen molar-refractivity contribution in [1.29, 1.82) is 0 Å². The Balaban J connectivity index is 2.49. The Morgan fingerprint density at radius 1 is 1.12 bits per heavy atom. The fraction of sp³-hybridized carbons (Fsp3) is 0.417. The third kappa shape index (κ3) is 4.00. The van der Waals surface area contributed by atoms with Gasteiger partial charge in [0.15, 0.2) is 6.29 Å². The fourth-order valence-corrected chi connectivity index (χ4v) is 1.18. The smallest absolute Gasteiger partial charge is 0.176 e. The van der Waals surface area contributed by atoms with Crippen LogP contribution < -0.4 is 4.74 Å². The van der Waals surface area contributed by atoms with Gasteiger partial charge in [-0.1, -0.05) is 0 Å². The topological polar surface area (TPSA) is 40.0 Å². The lowest BCUT2D eigenvalue weighted by Gasteiger charge is -2.09. The summed E-state index contributed by atoms with van der Waals surface area (Å²) in [5.74, 6) is 0.837. The highest BCUT2D eigenvalue weighted by Crippen LogP contribution is 2.09. The minimum Gasteiger partial charge on any atom is -0.497 e. The first-order valence-corrected chi connectivity index (χ1v) is 4.99. The molecule has 0 aliphatic rings. The maximum absolute atomic E-state index is 5.06. The summed E-state index contributed by atoms with van der Waals surface area (Å²) >= 11 is 0. The third-order valence-electron chi connectivity index (χ3n) is 2.14. The van der Waals surface area contributed by atoms with Gasteiger partial charge in [0, 0.05) is 20.4 Å². The molecule has 0 radical (unpaired) electrons. The van der Waals surface area contributed by atoms with E-state index < -0.39 is 0 Å². The van der Waals surface area contributed by atoms with Crippen LogP contribution in [0, 0.1) is 0 Å². The molecule has 0 saturated heterocycles.